The molecule has 0 spiro atoms. The van der Waals surface area contributed by atoms with Crippen molar-refractivity contribution in [1.82, 2.24) is 0 Å². The third kappa shape index (κ3) is 12.2. The highest BCUT2D eigenvalue weighted by atomic mass is 16.8. The highest BCUT2D eigenvalue weighted by Crippen LogP contribution is 2.39. The predicted octanol–water partition coefficient (Wildman–Crippen LogP) is -12.6. The van der Waals surface area contributed by atoms with Gasteiger partial charge in [0.05, 0.1) is 39.6 Å². The fourth-order valence-corrected chi connectivity index (χ4v) is 9.76. The fraction of sp³-hybridized carbons (Fsp3) is 1.00. The maximum Gasteiger partial charge on any atom is 0.187 e. The zero-order valence-corrected chi connectivity index (χ0v) is 38.9. The molecule has 22 aliphatic heterocycles. The van der Waals surface area contributed by atoms with Gasteiger partial charge in [-0.1, -0.05) is 13.3 Å². The van der Waals surface area contributed by atoms with Crippen molar-refractivity contribution in [2.45, 2.75) is 216 Å². The van der Waals surface area contributed by atoms with Crippen molar-refractivity contribution in [2.75, 3.05) is 39.6 Å². The fourth-order valence-electron chi connectivity index (χ4n) is 9.76. The van der Waals surface area contributed by atoms with Gasteiger partial charge in [-0.15, -0.1) is 0 Å². The van der Waals surface area contributed by atoms with Crippen molar-refractivity contribution >= 4 is 0 Å². The second kappa shape index (κ2) is 25.7. The number of ether oxygens (including phenoxy) is 13. The Hall–Kier alpha value is -1.28. The maximum atomic E-state index is 11.8. The Bertz CT molecular complexity index is 1670. The number of aliphatic hydroxyl groups is 19. The molecule has 12 bridgehead atoms. The minimum Gasteiger partial charge on any atom is -0.394 e. The summed E-state index contributed by atoms with van der Waals surface area (Å²) >= 11 is 0. The molecule has 426 valence electrons. The highest BCUT2D eigenvalue weighted by molar-refractivity contribution is 5.01. The molecule has 0 aromatic rings. The average Bonchev–Trinajstić information content (AvgIpc) is 3.38. The van der Waals surface area contributed by atoms with Crippen molar-refractivity contribution in [3.63, 3.8) is 0 Å². The third-order valence-electron chi connectivity index (χ3n) is 13.9. The SMILES string of the molecule is CCCC(O)C(O)O[C@@H]1[C@@H](O)[C@H]2O[C@H]3[C@H](O)[C@@H](O)[C@@H](O[C@H]4[C@H](O)[C@@H](O)[C@@H](O[C@H]5[C@H](O)[C@@H](O)[C@@H](O[C@H]6[C@H](O)[C@@H](O)[C@@H](O[C@H]7[C@H](O)[C@@H](O)[C@@H](O[C@H]1[C@@H](CO)O2)O[C@@H]7CO)O[C@@H]6CO)O[C@@H]5CO)O[C@@H]4CO)O[C@@H]3CO. The smallest absolute Gasteiger partial charge is 0.187 e. The molecule has 2 unspecified atom stereocenters. The Morgan fingerprint density at radius 3 is 0.767 bits per heavy atom. The largest absolute Gasteiger partial charge is 0.394 e. The Labute approximate surface area is 414 Å². The summed E-state index contributed by atoms with van der Waals surface area (Å²) in [5, 5.41) is 209. The number of hydrogen-bond acceptors (Lipinski definition) is 32. The first kappa shape index (κ1) is 59.4. The minimum atomic E-state index is -2.22. The first-order valence-electron chi connectivity index (χ1n) is 23.8. The lowest BCUT2D eigenvalue weighted by molar-refractivity contribution is -0.407. The molecule has 32 atom stereocenters. The average molecular weight is 1070 g/mol. The van der Waals surface area contributed by atoms with Crippen LogP contribution in [0.1, 0.15) is 19.8 Å². The molecule has 22 rings (SSSR count). The van der Waals surface area contributed by atoms with Crippen LogP contribution in [0.15, 0.2) is 0 Å². The molecule has 0 aromatic heterocycles. The lowest BCUT2D eigenvalue weighted by Gasteiger charge is -2.51. The first-order valence-corrected chi connectivity index (χ1v) is 23.8. The van der Waals surface area contributed by atoms with Crippen LogP contribution in [0.5, 0.6) is 0 Å². The van der Waals surface area contributed by atoms with Gasteiger partial charge in [-0.3, -0.25) is 0 Å². The van der Waals surface area contributed by atoms with E-state index in [1.54, 1.807) is 6.92 Å². The molecular weight excluding hydrogens is 1000 g/mol. The van der Waals surface area contributed by atoms with Gasteiger partial charge in [0.2, 0.25) is 0 Å². The van der Waals surface area contributed by atoms with Gasteiger partial charge in [0.25, 0.3) is 0 Å². The monoisotopic (exact) mass is 1070 g/mol. The lowest BCUT2D eigenvalue weighted by Crippen LogP contribution is -2.69. The predicted molar refractivity (Wildman–Crippen MR) is 222 cm³/mol. The van der Waals surface area contributed by atoms with E-state index in [4.69, 9.17) is 61.6 Å². The summed E-state index contributed by atoms with van der Waals surface area (Å²) in [4.78, 5) is 0. The first-order chi connectivity index (χ1) is 34.8. The normalized spacial score (nSPS) is 52.1. The quantitative estimate of drug-likeness (QED) is 0.0854. The molecule has 0 amide bonds. The summed E-state index contributed by atoms with van der Waals surface area (Å²) in [6.07, 6.45) is -63.1. The molecule has 19 N–H and O–H groups in total. The Balaban J connectivity index is 1.23. The summed E-state index contributed by atoms with van der Waals surface area (Å²) in [5.41, 5.74) is 0. The van der Waals surface area contributed by atoms with Crippen molar-refractivity contribution in [2.24, 2.45) is 0 Å². The van der Waals surface area contributed by atoms with Crippen LogP contribution in [0.25, 0.3) is 0 Å². The van der Waals surface area contributed by atoms with E-state index in [1.165, 1.54) is 0 Å². The van der Waals surface area contributed by atoms with E-state index in [2.05, 4.69) is 0 Å². The number of aliphatic hydroxyl groups excluding tert-OH is 19. The summed E-state index contributed by atoms with van der Waals surface area (Å²) < 4.78 is 74.7. The number of rotatable bonds is 11. The van der Waals surface area contributed by atoms with E-state index in [1.807, 2.05) is 0 Å². The zero-order valence-electron chi connectivity index (χ0n) is 38.9. The molecule has 22 aliphatic rings. The van der Waals surface area contributed by atoms with Crippen LogP contribution in [-0.2, 0) is 61.6 Å². The second-order valence-corrected chi connectivity index (χ2v) is 18.7. The van der Waals surface area contributed by atoms with Gasteiger partial charge in [0.15, 0.2) is 44.0 Å². The van der Waals surface area contributed by atoms with Crippen molar-refractivity contribution in [3.8, 4) is 0 Å². The molecule has 0 saturated carbocycles. The standard InChI is InChI=1S/C41H70O32/c1-2-3-10(48)35(60)67-34-27(59)41-66-16(9-47)33(34)73-40-26(58)21(53)31(14(7-45)65-40)71-38-24(56)19(51)29(12(5-43)63-38)69-36-22(54)17(49)28(11(4-42)61-36)68-37-23(55)18(50)30(13(6-44)62-37)70-39-25(57)20(52)32(72-41)15(8-46)64-39/h10-60H,2-9H2,1H3/t10?,11-,12-,13-,14-,15-,16-,17-,18-,19-,20-,21-,22-,23-,24-,25-,26-,27-,28-,29-,30-,31-,32-,33+,34-,35?,36-,37-,38-,39-,40-,41-/m1/s1. The van der Waals surface area contributed by atoms with E-state index >= 15 is 0 Å². The van der Waals surface area contributed by atoms with Crippen molar-refractivity contribution < 1.29 is 159 Å². The second-order valence-electron chi connectivity index (χ2n) is 18.7. The minimum absolute atomic E-state index is 0.0518. The van der Waals surface area contributed by atoms with Gasteiger partial charge < -0.3 is 159 Å². The van der Waals surface area contributed by atoms with E-state index < -0.39 is 236 Å². The van der Waals surface area contributed by atoms with Crippen LogP contribution in [0.3, 0.4) is 0 Å². The van der Waals surface area contributed by atoms with Crippen LogP contribution in [-0.4, -0.2) is 333 Å². The van der Waals surface area contributed by atoms with Crippen LogP contribution < -0.4 is 0 Å². The molecule has 0 aliphatic carbocycles. The summed E-state index contributed by atoms with van der Waals surface area (Å²) in [7, 11) is 0. The maximum absolute atomic E-state index is 11.8. The lowest BCUT2D eigenvalue weighted by atomic mass is 9.94. The van der Waals surface area contributed by atoms with Crippen molar-refractivity contribution in [3.05, 3.63) is 0 Å². The van der Waals surface area contributed by atoms with Crippen LogP contribution in [0.2, 0.25) is 0 Å². The zero-order chi connectivity index (χ0) is 53.3. The number of hydrogen-bond donors (Lipinski definition) is 19. The van der Waals surface area contributed by atoms with Crippen molar-refractivity contribution in [1.29, 1.82) is 0 Å². The van der Waals surface area contributed by atoms with E-state index in [0.29, 0.717) is 6.42 Å². The van der Waals surface area contributed by atoms with E-state index in [0.717, 1.165) is 0 Å². The van der Waals surface area contributed by atoms with Gasteiger partial charge in [0.1, 0.15) is 153 Å². The molecular formula is C41H70O32. The Kier molecular flexibility index (Phi) is 20.9. The van der Waals surface area contributed by atoms with Gasteiger partial charge >= 0.3 is 0 Å². The molecule has 0 aromatic carbocycles. The molecule has 22 heterocycles. The van der Waals surface area contributed by atoms with Crippen LogP contribution in [0.4, 0.5) is 0 Å². The summed E-state index contributed by atoms with van der Waals surface area (Å²) in [6.45, 7) is -4.54. The van der Waals surface area contributed by atoms with Gasteiger partial charge in [-0.2, -0.15) is 0 Å². The van der Waals surface area contributed by atoms with Gasteiger partial charge in [-0.05, 0) is 6.42 Å². The molecule has 0 radical (unpaired) electrons. The highest BCUT2D eigenvalue weighted by Gasteiger charge is 2.59. The molecule has 32 heteroatoms. The van der Waals surface area contributed by atoms with Crippen LogP contribution >= 0.6 is 0 Å². The topological polar surface area (TPSA) is 504 Å². The Morgan fingerprint density at radius 2 is 0.534 bits per heavy atom. The summed E-state index contributed by atoms with van der Waals surface area (Å²) in [5.74, 6) is 0. The molecule has 73 heavy (non-hydrogen) atoms. The van der Waals surface area contributed by atoms with Gasteiger partial charge in [-0.25, -0.2) is 0 Å². The molecule has 22 fully saturated rings. The summed E-state index contributed by atoms with van der Waals surface area (Å²) in [6, 6.07) is 0. The molecule has 32 nitrogen and oxygen atoms in total. The molecule has 22 saturated heterocycles. The Morgan fingerprint density at radius 1 is 0.315 bits per heavy atom. The van der Waals surface area contributed by atoms with E-state index in [9.17, 15) is 97.0 Å². The third-order valence-corrected chi connectivity index (χ3v) is 13.9. The van der Waals surface area contributed by atoms with E-state index in [-0.39, 0.29) is 6.42 Å². The van der Waals surface area contributed by atoms with Gasteiger partial charge in [0, 0.05) is 0 Å². The van der Waals surface area contributed by atoms with Crippen LogP contribution in [0, 0.1) is 0 Å².